The van der Waals surface area contributed by atoms with Crippen molar-refractivity contribution in [3.8, 4) is 11.5 Å². The van der Waals surface area contributed by atoms with Gasteiger partial charge in [0.2, 0.25) is 0 Å². The van der Waals surface area contributed by atoms with Gasteiger partial charge in [0.05, 0.1) is 24.5 Å². The molecule has 0 spiro atoms. The first-order valence-electron chi connectivity index (χ1n) is 14.1. The summed E-state index contributed by atoms with van der Waals surface area (Å²) in [6.45, 7) is 16.4. The van der Waals surface area contributed by atoms with Crippen LogP contribution in [0.1, 0.15) is 100 Å². The zero-order valence-electron chi connectivity index (χ0n) is 25.6. The topological polar surface area (TPSA) is 114 Å². The molecule has 0 radical (unpaired) electrons. The summed E-state index contributed by atoms with van der Waals surface area (Å²) < 4.78 is 15.1. The number of carbonyl (C=O) groups is 2. The summed E-state index contributed by atoms with van der Waals surface area (Å²) in [6, 6.07) is 8.30. The van der Waals surface area contributed by atoms with Gasteiger partial charge in [-0.2, -0.15) is 0 Å². The fraction of sp³-hybridized carbons (Fsp3) is 0.438. The molecular formula is C32H38N6O4. The molecule has 1 aliphatic heterocycles. The van der Waals surface area contributed by atoms with Gasteiger partial charge in [0.25, 0.3) is 0 Å². The molecule has 2 aromatic carbocycles. The monoisotopic (exact) mass is 570 g/mol. The van der Waals surface area contributed by atoms with Crippen molar-refractivity contribution in [1.82, 2.24) is 30.0 Å². The summed E-state index contributed by atoms with van der Waals surface area (Å²) in [4.78, 5) is 24.5. The van der Waals surface area contributed by atoms with Crippen LogP contribution in [-0.2, 0) is 46.4 Å². The predicted molar refractivity (Wildman–Crippen MR) is 157 cm³/mol. The molecule has 10 nitrogen and oxygen atoms in total. The third kappa shape index (κ3) is 6.42. The first-order valence-corrected chi connectivity index (χ1v) is 14.1. The van der Waals surface area contributed by atoms with Gasteiger partial charge in [-0.1, -0.05) is 64.1 Å². The highest BCUT2D eigenvalue weighted by atomic mass is 16.5. The molecule has 0 saturated carbocycles. The first kappa shape index (κ1) is 29.2. The lowest BCUT2D eigenvalue weighted by atomic mass is 9.84. The summed E-state index contributed by atoms with van der Waals surface area (Å²) >= 11 is 0. The second-order valence-electron chi connectivity index (χ2n) is 13.1. The average Bonchev–Trinajstić information content (AvgIpc) is 3.49. The van der Waals surface area contributed by atoms with Crippen molar-refractivity contribution in [2.75, 3.05) is 0 Å². The Kier molecular flexibility index (Phi) is 7.51. The average molecular weight is 571 g/mol. The number of hydrogen-bond acceptors (Lipinski definition) is 8. The standard InChI is InChI=1S/C32H38N6O4/c1-19(39)41-29-21-9-25(31(3,4)5)11-23(29)15-37-18-28(34-35-37)14-22-10-26(32(6,7)8)12-24(30(22)42-20(2)40)16-38-17-27(13-21)33-36-38/h9-12,17-18H,13-16H2,1-8H3. The van der Waals surface area contributed by atoms with Crippen LogP contribution in [0, 0.1) is 0 Å². The fourth-order valence-corrected chi connectivity index (χ4v) is 5.15. The van der Waals surface area contributed by atoms with E-state index >= 15 is 0 Å². The number of benzene rings is 2. The van der Waals surface area contributed by atoms with Crippen LogP contribution < -0.4 is 9.47 Å². The van der Waals surface area contributed by atoms with E-state index in [1.165, 1.54) is 13.8 Å². The molecule has 3 heterocycles. The lowest BCUT2D eigenvalue weighted by molar-refractivity contribution is -0.132. The highest BCUT2D eigenvalue weighted by Gasteiger charge is 2.25. The molecule has 42 heavy (non-hydrogen) atoms. The fourth-order valence-electron chi connectivity index (χ4n) is 5.15. The van der Waals surface area contributed by atoms with Crippen LogP contribution in [-0.4, -0.2) is 41.9 Å². The van der Waals surface area contributed by atoms with Crippen LogP contribution >= 0.6 is 0 Å². The van der Waals surface area contributed by atoms with E-state index in [2.05, 4.69) is 86.4 Å². The zero-order valence-corrected chi connectivity index (χ0v) is 25.6. The summed E-state index contributed by atoms with van der Waals surface area (Å²) in [5.41, 5.74) is 6.67. The molecule has 8 bridgehead atoms. The Bertz CT molecular complexity index is 1460. The van der Waals surface area contributed by atoms with Gasteiger partial charge in [-0.3, -0.25) is 9.59 Å². The quantitative estimate of drug-likeness (QED) is 0.217. The molecule has 0 N–H and O–H groups in total. The number of nitrogens with zero attached hydrogens (tertiary/aromatic N) is 6. The maximum Gasteiger partial charge on any atom is 0.308 e. The van der Waals surface area contributed by atoms with Crippen molar-refractivity contribution in [2.45, 2.75) is 92.2 Å². The van der Waals surface area contributed by atoms with Crippen LogP contribution in [0.15, 0.2) is 36.7 Å². The van der Waals surface area contributed by atoms with Crippen LogP contribution in [0.4, 0.5) is 0 Å². The number of rotatable bonds is 2. The van der Waals surface area contributed by atoms with Gasteiger partial charge in [-0.05, 0) is 34.1 Å². The molecule has 10 heteroatoms. The largest absolute Gasteiger partial charge is 0.426 e. The van der Waals surface area contributed by atoms with Gasteiger partial charge in [-0.15, -0.1) is 10.2 Å². The molecule has 0 saturated heterocycles. The highest BCUT2D eigenvalue weighted by Crippen LogP contribution is 2.36. The Morgan fingerprint density at radius 3 is 1.33 bits per heavy atom. The van der Waals surface area contributed by atoms with Gasteiger partial charge in [0.15, 0.2) is 0 Å². The summed E-state index contributed by atoms with van der Waals surface area (Å²) in [7, 11) is 0. The van der Waals surface area contributed by atoms with E-state index in [0.717, 1.165) is 44.8 Å². The van der Waals surface area contributed by atoms with Crippen LogP contribution in [0.5, 0.6) is 11.5 Å². The summed E-state index contributed by atoms with van der Waals surface area (Å²) in [6.07, 6.45) is 4.58. The number of aromatic nitrogens is 6. The Balaban J connectivity index is 1.72. The predicted octanol–water partition coefficient (Wildman–Crippen LogP) is 4.91. The molecule has 220 valence electrons. The van der Waals surface area contributed by atoms with E-state index in [-0.39, 0.29) is 10.8 Å². The molecule has 0 amide bonds. The lowest BCUT2D eigenvalue weighted by Gasteiger charge is -2.24. The smallest absolute Gasteiger partial charge is 0.308 e. The number of carbonyl (C=O) groups excluding carboxylic acids is 2. The maximum atomic E-state index is 12.2. The summed E-state index contributed by atoms with van der Waals surface area (Å²) in [5, 5.41) is 17.8. The third-order valence-electron chi connectivity index (χ3n) is 7.29. The van der Waals surface area contributed by atoms with Crippen LogP contribution in [0.3, 0.4) is 0 Å². The molecule has 0 fully saturated rings. The van der Waals surface area contributed by atoms with Crippen molar-refractivity contribution in [2.24, 2.45) is 0 Å². The van der Waals surface area contributed by atoms with E-state index in [4.69, 9.17) is 9.47 Å². The second kappa shape index (κ2) is 10.8. The minimum atomic E-state index is -0.399. The Morgan fingerprint density at radius 2 is 1.00 bits per heavy atom. The molecule has 0 atom stereocenters. The second-order valence-corrected chi connectivity index (χ2v) is 13.1. The van der Waals surface area contributed by atoms with E-state index in [0.29, 0.717) is 37.4 Å². The molecule has 1 aliphatic rings. The van der Waals surface area contributed by atoms with Crippen molar-refractivity contribution in [3.63, 3.8) is 0 Å². The first-order chi connectivity index (χ1) is 19.7. The molecule has 0 aliphatic carbocycles. The van der Waals surface area contributed by atoms with E-state index in [9.17, 15) is 9.59 Å². The van der Waals surface area contributed by atoms with Gasteiger partial charge in [0, 0.05) is 61.3 Å². The minimum absolute atomic E-state index is 0.148. The number of ether oxygens (including phenoxy) is 2. The Morgan fingerprint density at radius 1 is 0.643 bits per heavy atom. The van der Waals surface area contributed by atoms with Gasteiger partial charge < -0.3 is 9.47 Å². The number of hydrogen-bond donors (Lipinski definition) is 0. The van der Waals surface area contributed by atoms with Gasteiger partial charge in [0.1, 0.15) is 11.5 Å². The molecular weight excluding hydrogens is 532 g/mol. The lowest BCUT2D eigenvalue weighted by Crippen LogP contribution is -2.16. The van der Waals surface area contributed by atoms with Crippen molar-refractivity contribution >= 4 is 11.9 Å². The summed E-state index contributed by atoms with van der Waals surface area (Å²) in [5.74, 6) is 0.215. The molecule has 5 rings (SSSR count). The highest BCUT2D eigenvalue weighted by molar-refractivity contribution is 5.71. The SMILES string of the molecule is CC(=O)Oc1c2cc(C(C)(C)C)cc1Cn1cc(nn1)Cc1cc(C(C)(C)C)cc(c1OC(C)=O)Cn1cc(nn1)C2. The molecule has 0 unspecified atom stereocenters. The van der Waals surface area contributed by atoms with Crippen molar-refractivity contribution < 1.29 is 19.1 Å². The molecule has 4 aromatic rings. The van der Waals surface area contributed by atoms with Gasteiger partial charge in [-0.25, -0.2) is 9.36 Å². The van der Waals surface area contributed by atoms with Gasteiger partial charge >= 0.3 is 11.9 Å². The van der Waals surface area contributed by atoms with Crippen molar-refractivity contribution in [3.05, 3.63) is 81.4 Å². The van der Waals surface area contributed by atoms with Crippen LogP contribution in [0.2, 0.25) is 0 Å². The van der Waals surface area contributed by atoms with Crippen LogP contribution in [0.25, 0.3) is 0 Å². The number of esters is 2. The van der Waals surface area contributed by atoms with Crippen molar-refractivity contribution in [1.29, 1.82) is 0 Å². The minimum Gasteiger partial charge on any atom is -0.426 e. The van der Waals surface area contributed by atoms with E-state index in [1.807, 2.05) is 12.4 Å². The number of fused-ring (bicyclic) bond motifs is 8. The Hall–Kier alpha value is -4.34. The van der Waals surface area contributed by atoms with E-state index in [1.54, 1.807) is 9.36 Å². The third-order valence-corrected chi connectivity index (χ3v) is 7.29. The normalized spacial score (nSPS) is 13.5. The zero-order chi connectivity index (χ0) is 30.4. The molecule has 2 aromatic heterocycles. The maximum absolute atomic E-state index is 12.2. The Labute approximate surface area is 246 Å². The van der Waals surface area contributed by atoms with E-state index < -0.39 is 11.9 Å².